The molecular formula is C31H42N4O4. The second kappa shape index (κ2) is 11.8. The molecule has 210 valence electrons. The first-order chi connectivity index (χ1) is 18.7. The number of urea groups is 1. The van der Waals surface area contributed by atoms with Crippen molar-refractivity contribution in [3.8, 4) is 5.75 Å². The number of hydrogen-bond donors (Lipinski definition) is 1. The lowest BCUT2D eigenvalue weighted by atomic mass is 9.62. The van der Waals surface area contributed by atoms with Crippen LogP contribution in [0.2, 0.25) is 0 Å². The Morgan fingerprint density at radius 1 is 0.949 bits per heavy atom. The molecule has 0 spiro atoms. The topological polar surface area (TPSA) is 82.2 Å². The molecule has 0 aromatic heterocycles. The van der Waals surface area contributed by atoms with Crippen LogP contribution in [0.1, 0.15) is 63.6 Å². The largest absolute Gasteiger partial charge is 0.457 e. The highest BCUT2D eigenvalue weighted by molar-refractivity contribution is 6.13. The van der Waals surface area contributed by atoms with Crippen LogP contribution in [0.4, 0.5) is 4.79 Å². The maximum atomic E-state index is 14.5. The van der Waals surface area contributed by atoms with E-state index in [9.17, 15) is 14.4 Å². The molecule has 0 aliphatic carbocycles. The third-order valence-electron chi connectivity index (χ3n) is 8.43. The van der Waals surface area contributed by atoms with E-state index in [1.807, 2.05) is 70.3 Å². The second-order valence-electron chi connectivity index (χ2n) is 10.8. The molecule has 4 amide bonds. The first-order valence-electron chi connectivity index (χ1n) is 14.2. The monoisotopic (exact) mass is 534 g/mol. The average Bonchev–Trinajstić information content (AvgIpc) is 2.94. The summed E-state index contributed by atoms with van der Waals surface area (Å²) in [6.07, 6.45) is 2.28. The van der Waals surface area contributed by atoms with Gasteiger partial charge in [0.05, 0.1) is 6.04 Å². The Balaban J connectivity index is 1.77. The van der Waals surface area contributed by atoms with E-state index in [1.54, 1.807) is 17.0 Å². The number of imide groups is 1. The number of likely N-dealkylation sites (tertiary alicyclic amines) is 1. The van der Waals surface area contributed by atoms with Crippen LogP contribution in [0.15, 0.2) is 54.6 Å². The van der Waals surface area contributed by atoms with E-state index in [0.29, 0.717) is 51.2 Å². The van der Waals surface area contributed by atoms with E-state index in [-0.39, 0.29) is 17.9 Å². The lowest BCUT2D eigenvalue weighted by molar-refractivity contribution is -0.238. The van der Waals surface area contributed by atoms with Crippen LogP contribution in [0.5, 0.6) is 5.75 Å². The molecule has 0 saturated carbocycles. The predicted molar refractivity (Wildman–Crippen MR) is 151 cm³/mol. The van der Waals surface area contributed by atoms with E-state index in [0.717, 1.165) is 22.4 Å². The van der Waals surface area contributed by atoms with Gasteiger partial charge in [-0.15, -0.1) is 0 Å². The zero-order valence-corrected chi connectivity index (χ0v) is 23.9. The quantitative estimate of drug-likeness (QED) is 0.470. The van der Waals surface area contributed by atoms with Gasteiger partial charge in [-0.25, -0.2) is 9.69 Å². The van der Waals surface area contributed by atoms with Crippen LogP contribution in [0.25, 0.3) is 0 Å². The van der Waals surface area contributed by atoms with Gasteiger partial charge >= 0.3 is 6.03 Å². The van der Waals surface area contributed by atoms with Gasteiger partial charge in [0.1, 0.15) is 11.2 Å². The summed E-state index contributed by atoms with van der Waals surface area (Å²) in [7, 11) is 2.02. The number of aryl methyl sites for hydroxylation is 1. The van der Waals surface area contributed by atoms with Crippen molar-refractivity contribution >= 4 is 17.8 Å². The third-order valence-corrected chi connectivity index (χ3v) is 8.43. The molecule has 2 aromatic rings. The van der Waals surface area contributed by atoms with Gasteiger partial charge in [-0.3, -0.25) is 9.59 Å². The number of hydrogen-bond acceptors (Lipinski definition) is 5. The molecule has 0 bridgehead atoms. The summed E-state index contributed by atoms with van der Waals surface area (Å²) in [5.74, 6) is -0.261. The molecule has 0 radical (unpaired) electrons. The Bertz CT molecular complexity index is 1160. The van der Waals surface area contributed by atoms with Gasteiger partial charge in [0.15, 0.2) is 0 Å². The number of carbonyl (C=O) groups is 3. The Morgan fingerprint density at radius 3 is 2.13 bits per heavy atom. The summed E-state index contributed by atoms with van der Waals surface area (Å²) >= 11 is 0. The lowest BCUT2D eigenvalue weighted by Gasteiger charge is -2.61. The minimum absolute atomic E-state index is 0.303. The molecule has 4 rings (SSSR count). The number of para-hydroxylation sites is 1. The molecule has 2 atom stereocenters. The molecule has 2 aromatic carbocycles. The standard InChI is InChI=1S/C31H42N4O4/c1-6-12-26(24-17-15-23(4)16-18-24)32-29(38)35-27(36)30(7-2,8-3)31(35,39-25-13-10-9-11-14-25)28(37)34-21-19-33(5)20-22-34/h9-11,13-18,26H,6-8,12,19-22H2,1-5H3,(H,32,38). The van der Waals surface area contributed by atoms with Crippen molar-refractivity contribution < 1.29 is 19.1 Å². The molecule has 2 fully saturated rings. The van der Waals surface area contributed by atoms with E-state index >= 15 is 0 Å². The Kier molecular flexibility index (Phi) is 8.64. The van der Waals surface area contributed by atoms with Crippen LogP contribution in [0.3, 0.4) is 0 Å². The third kappa shape index (κ3) is 5.02. The van der Waals surface area contributed by atoms with Gasteiger partial charge in [-0.2, -0.15) is 0 Å². The zero-order chi connectivity index (χ0) is 28.2. The number of ether oxygens (including phenoxy) is 1. The Labute approximate surface area is 232 Å². The highest BCUT2D eigenvalue weighted by Crippen LogP contribution is 2.55. The number of carbonyl (C=O) groups excluding carboxylic acids is 3. The molecule has 8 heteroatoms. The normalized spacial score (nSPS) is 21.7. The Hall–Kier alpha value is -3.39. The van der Waals surface area contributed by atoms with Gasteiger partial charge in [0.25, 0.3) is 11.6 Å². The summed E-state index contributed by atoms with van der Waals surface area (Å²) in [6.45, 7) is 10.3. The first-order valence-corrected chi connectivity index (χ1v) is 14.2. The molecule has 39 heavy (non-hydrogen) atoms. The highest BCUT2D eigenvalue weighted by Gasteiger charge is 2.78. The maximum Gasteiger partial charge on any atom is 0.328 e. The fourth-order valence-electron chi connectivity index (χ4n) is 5.92. The van der Waals surface area contributed by atoms with Gasteiger partial charge < -0.3 is 19.9 Å². The van der Waals surface area contributed by atoms with Crippen LogP contribution in [0, 0.1) is 12.3 Å². The van der Waals surface area contributed by atoms with Crippen molar-refractivity contribution in [1.82, 2.24) is 20.0 Å². The molecule has 8 nitrogen and oxygen atoms in total. The highest BCUT2D eigenvalue weighted by atomic mass is 16.5. The number of nitrogens with zero attached hydrogens (tertiary/aromatic N) is 3. The number of β-lactam (4-membered cyclic amide) rings is 1. The lowest BCUT2D eigenvalue weighted by Crippen LogP contribution is -2.87. The van der Waals surface area contributed by atoms with E-state index < -0.39 is 17.2 Å². The Morgan fingerprint density at radius 2 is 1.56 bits per heavy atom. The van der Waals surface area contributed by atoms with Crippen LogP contribution >= 0.6 is 0 Å². The zero-order valence-electron chi connectivity index (χ0n) is 23.9. The summed E-state index contributed by atoms with van der Waals surface area (Å²) in [6, 6.07) is 16.2. The second-order valence-corrected chi connectivity index (χ2v) is 10.8. The van der Waals surface area contributed by atoms with Crippen molar-refractivity contribution in [2.24, 2.45) is 5.41 Å². The van der Waals surface area contributed by atoms with E-state index in [1.165, 1.54) is 0 Å². The van der Waals surface area contributed by atoms with Crippen molar-refractivity contribution in [2.75, 3.05) is 33.2 Å². The minimum Gasteiger partial charge on any atom is -0.457 e. The minimum atomic E-state index is -1.78. The molecular weight excluding hydrogens is 492 g/mol. The van der Waals surface area contributed by atoms with Gasteiger partial charge in [-0.1, -0.05) is 75.2 Å². The van der Waals surface area contributed by atoms with Crippen LogP contribution in [-0.4, -0.2) is 71.5 Å². The molecule has 2 heterocycles. The predicted octanol–water partition coefficient (Wildman–Crippen LogP) is 4.74. The van der Waals surface area contributed by atoms with Crippen molar-refractivity contribution in [2.45, 2.75) is 65.1 Å². The number of amides is 4. The van der Waals surface area contributed by atoms with Crippen molar-refractivity contribution in [1.29, 1.82) is 0 Å². The van der Waals surface area contributed by atoms with Gasteiger partial charge in [0, 0.05) is 26.2 Å². The molecule has 1 N–H and O–H groups in total. The van der Waals surface area contributed by atoms with Crippen molar-refractivity contribution in [3.63, 3.8) is 0 Å². The van der Waals surface area contributed by atoms with Crippen LogP contribution in [-0.2, 0) is 9.59 Å². The number of piperazine rings is 1. The summed E-state index contributed by atoms with van der Waals surface area (Å²) in [5.41, 5.74) is -0.855. The van der Waals surface area contributed by atoms with Gasteiger partial charge in [-0.05, 0) is 50.9 Å². The van der Waals surface area contributed by atoms with Gasteiger partial charge in [0.2, 0.25) is 5.91 Å². The average molecular weight is 535 g/mol. The number of rotatable bonds is 9. The molecule has 2 unspecified atom stereocenters. The summed E-state index contributed by atoms with van der Waals surface area (Å²) < 4.78 is 6.58. The number of likely N-dealkylation sites (N-methyl/N-ethyl adjacent to an activating group) is 1. The van der Waals surface area contributed by atoms with E-state index in [2.05, 4.69) is 17.1 Å². The number of benzene rings is 2. The van der Waals surface area contributed by atoms with E-state index in [4.69, 9.17) is 4.74 Å². The molecule has 2 aliphatic rings. The molecule has 2 saturated heterocycles. The fraction of sp³-hybridized carbons (Fsp3) is 0.516. The first kappa shape index (κ1) is 28.6. The fourth-order valence-corrected chi connectivity index (χ4v) is 5.92. The summed E-state index contributed by atoms with van der Waals surface area (Å²) in [4.78, 5) is 47.5. The summed E-state index contributed by atoms with van der Waals surface area (Å²) in [5, 5.41) is 3.08. The molecule has 2 aliphatic heterocycles. The van der Waals surface area contributed by atoms with Crippen LogP contribution < -0.4 is 10.1 Å². The van der Waals surface area contributed by atoms with Crippen molar-refractivity contribution in [3.05, 3.63) is 65.7 Å². The smallest absolute Gasteiger partial charge is 0.328 e. The maximum absolute atomic E-state index is 14.5. The number of nitrogens with one attached hydrogen (secondary N) is 1. The SMILES string of the molecule is CCCC(NC(=O)N1C(=O)C(CC)(CC)C1(Oc1ccccc1)C(=O)N1CCN(C)CC1)c1ccc(C)cc1.